The first-order valence-corrected chi connectivity index (χ1v) is 6.58. The lowest BCUT2D eigenvalue weighted by molar-refractivity contribution is -0.146. The van der Waals surface area contributed by atoms with Gasteiger partial charge < -0.3 is 9.30 Å². The maximum absolute atomic E-state index is 12.0. The van der Waals surface area contributed by atoms with Gasteiger partial charge in [0.25, 0.3) is 0 Å². The van der Waals surface area contributed by atoms with Crippen molar-refractivity contribution >= 4 is 5.97 Å². The summed E-state index contributed by atoms with van der Waals surface area (Å²) in [5.74, 6) is -0.228. The summed E-state index contributed by atoms with van der Waals surface area (Å²) < 4.78 is 7.24. The second-order valence-electron chi connectivity index (χ2n) is 4.96. The zero-order valence-corrected chi connectivity index (χ0v) is 11.2. The zero-order valence-electron chi connectivity index (χ0n) is 11.2. The molecule has 1 saturated carbocycles. The highest BCUT2D eigenvalue weighted by Crippen LogP contribution is 2.37. The first kappa shape index (κ1) is 13.1. The maximum Gasteiger partial charge on any atom is 0.329 e. The molecule has 1 aliphatic rings. The molecule has 1 N–H and O–H groups in total. The third-order valence-corrected chi connectivity index (χ3v) is 2.95. The average Bonchev–Trinajstić information content (AvgIpc) is 3.05. The standard InChI is InChI=1S/C13H21N3O2/c1-4-18-13(17)12(15-9(2)3)11-7-14-8-16(11)10-5-6-10/h7-10,12,15H,4-6H2,1-3H3. The van der Waals surface area contributed by atoms with E-state index in [1.807, 2.05) is 20.8 Å². The van der Waals surface area contributed by atoms with Gasteiger partial charge in [0.2, 0.25) is 0 Å². The van der Waals surface area contributed by atoms with Gasteiger partial charge >= 0.3 is 5.97 Å². The van der Waals surface area contributed by atoms with Crippen molar-refractivity contribution in [3.8, 4) is 0 Å². The SMILES string of the molecule is CCOC(=O)C(NC(C)C)c1cncn1C1CC1. The molecule has 0 aliphatic heterocycles. The number of nitrogens with zero attached hydrogens (tertiary/aromatic N) is 2. The zero-order chi connectivity index (χ0) is 13.1. The molecule has 0 spiro atoms. The average molecular weight is 251 g/mol. The van der Waals surface area contributed by atoms with E-state index >= 15 is 0 Å². The van der Waals surface area contributed by atoms with Crippen molar-refractivity contribution in [2.75, 3.05) is 6.61 Å². The van der Waals surface area contributed by atoms with Crippen LogP contribution in [-0.4, -0.2) is 28.2 Å². The minimum atomic E-state index is -0.423. The third-order valence-electron chi connectivity index (χ3n) is 2.95. The molecule has 1 aromatic rings. The van der Waals surface area contributed by atoms with E-state index in [0.29, 0.717) is 12.6 Å². The number of nitrogens with one attached hydrogen (secondary N) is 1. The van der Waals surface area contributed by atoms with Crippen LogP contribution in [0, 0.1) is 0 Å². The van der Waals surface area contributed by atoms with Crippen LogP contribution in [0.3, 0.4) is 0 Å². The predicted molar refractivity (Wildman–Crippen MR) is 68.1 cm³/mol. The molecular weight excluding hydrogens is 230 g/mol. The van der Waals surface area contributed by atoms with Crippen LogP contribution in [0.5, 0.6) is 0 Å². The Morgan fingerprint density at radius 3 is 2.89 bits per heavy atom. The summed E-state index contributed by atoms with van der Waals surface area (Å²) >= 11 is 0. The molecule has 18 heavy (non-hydrogen) atoms. The molecule has 0 amide bonds. The Morgan fingerprint density at radius 1 is 1.61 bits per heavy atom. The van der Waals surface area contributed by atoms with Crippen LogP contribution in [0.15, 0.2) is 12.5 Å². The lowest BCUT2D eigenvalue weighted by Gasteiger charge is -2.21. The van der Waals surface area contributed by atoms with Gasteiger partial charge in [0, 0.05) is 12.1 Å². The van der Waals surface area contributed by atoms with Gasteiger partial charge in [-0.05, 0) is 33.6 Å². The number of imidazole rings is 1. The highest BCUT2D eigenvalue weighted by Gasteiger charge is 2.31. The number of carbonyl (C=O) groups is 1. The Bertz CT molecular complexity index is 410. The number of ether oxygens (including phenoxy) is 1. The van der Waals surface area contributed by atoms with Crippen molar-refractivity contribution in [3.05, 3.63) is 18.2 Å². The molecule has 0 bridgehead atoms. The predicted octanol–water partition coefficient (Wildman–Crippen LogP) is 1.82. The fourth-order valence-corrected chi connectivity index (χ4v) is 2.03. The van der Waals surface area contributed by atoms with Gasteiger partial charge in [0.15, 0.2) is 0 Å². The van der Waals surface area contributed by atoms with Gasteiger partial charge in [0.1, 0.15) is 6.04 Å². The topological polar surface area (TPSA) is 56.1 Å². The van der Waals surface area contributed by atoms with E-state index in [2.05, 4.69) is 14.9 Å². The van der Waals surface area contributed by atoms with Crippen LogP contribution in [0.4, 0.5) is 0 Å². The number of hydrogen-bond acceptors (Lipinski definition) is 4. The molecule has 2 rings (SSSR count). The summed E-state index contributed by atoms with van der Waals surface area (Å²) in [6.07, 6.45) is 5.90. The van der Waals surface area contributed by atoms with Crippen molar-refractivity contribution in [3.63, 3.8) is 0 Å². The summed E-state index contributed by atoms with van der Waals surface area (Å²) in [7, 11) is 0. The number of esters is 1. The van der Waals surface area contributed by atoms with Crippen LogP contribution in [-0.2, 0) is 9.53 Å². The van der Waals surface area contributed by atoms with E-state index < -0.39 is 6.04 Å². The van der Waals surface area contributed by atoms with Crippen molar-refractivity contribution < 1.29 is 9.53 Å². The van der Waals surface area contributed by atoms with Crippen molar-refractivity contribution in [2.24, 2.45) is 0 Å². The van der Waals surface area contributed by atoms with Crippen LogP contribution in [0.1, 0.15) is 51.4 Å². The molecule has 1 unspecified atom stereocenters. The van der Waals surface area contributed by atoms with Crippen molar-refractivity contribution in [2.45, 2.75) is 51.7 Å². The van der Waals surface area contributed by atoms with Gasteiger partial charge in [-0.25, -0.2) is 9.78 Å². The first-order chi connectivity index (χ1) is 8.63. The molecule has 0 aromatic carbocycles. The molecule has 1 atom stereocenters. The van der Waals surface area contributed by atoms with Crippen LogP contribution < -0.4 is 5.32 Å². The molecule has 0 radical (unpaired) electrons. The lowest BCUT2D eigenvalue weighted by atomic mass is 10.2. The Balaban J connectivity index is 2.20. The fraction of sp³-hybridized carbons (Fsp3) is 0.692. The Kier molecular flexibility index (Phi) is 4.01. The van der Waals surface area contributed by atoms with Gasteiger partial charge in [-0.2, -0.15) is 0 Å². The van der Waals surface area contributed by atoms with Gasteiger partial charge in [-0.1, -0.05) is 0 Å². The molecule has 1 aliphatic carbocycles. The second kappa shape index (κ2) is 5.52. The van der Waals surface area contributed by atoms with Crippen molar-refractivity contribution in [1.82, 2.24) is 14.9 Å². The van der Waals surface area contributed by atoms with Crippen LogP contribution >= 0.6 is 0 Å². The molecular formula is C13H21N3O2. The molecule has 1 heterocycles. The van der Waals surface area contributed by atoms with E-state index in [1.165, 1.54) is 12.8 Å². The number of aromatic nitrogens is 2. The largest absolute Gasteiger partial charge is 0.465 e. The summed E-state index contributed by atoms with van der Waals surface area (Å²) in [6.45, 7) is 6.25. The molecule has 5 nitrogen and oxygen atoms in total. The van der Waals surface area contributed by atoms with Gasteiger partial charge in [0.05, 0.1) is 24.8 Å². The van der Waals surface area contributed by atoms with Crippen molar-refractivity contribution in [1.29, 1.82) is 0 Å². The number of rotatable bonds is 6. The maximum atomic E-state index is 12.0. The number of hydrogen-bond donors (Lipinski definition) is 1. The van der Waals surface area contributed by atoms with E-state index in [0.717, 1.165) is 5.69 Å². The smallest absolute Gasteiger partial charge is 0.329 e. The van der Waals surface area contributed by atoms with E-state index in [1.54, 1.807) is 12.5 Å². The molecule has 1 fully saturated rings. The molecule has 0 saturated heterocycles. The Hall–Kier alpha value is -1.36. The van der Waals surface area contributed by atoms with Gasteiger partial charge in [-0.15, -0.1) is 0 Å². The molecule has 100 valence electrons. The van der Waals surface area contributed by atoms with Crippen LogP contribution in [0.2, 0.25) is 0 Å². The quantitative estimate of drug-likeness (QED) is 0.784. The lowest BCUT2D eigenvalue weighted by Crippen LogP contribution is -2.36. The van der Waals surface area contributed by atoms with Crippen LogP contribution in [0.25, 0.3) is 0 Å². The van der Waals surface area contributed by atoms with E-state index in [4.69, 9.17) is 4.74 Å². The van der Waals surface area contributed by atoms with Gasteiger partial charge in [-0.3, -0.25) is 5.32 Å². The summed E-state index contributed by atoms with van der Waals surface area (Å²) in [4.78, 5) is 16.2. The minimum Gasteiger partial charge on any atom is -0.465 e. The first-order valence-electron chi connectivity index (χ1n) is 6.58. The normalized spacial score (nSPS) is 16.9. The summed E-state index contributed by atoms with van der Waals surface area (Å²) in [6, 6.07) is 0.295. The highest BCUT2D eigenvalue weighted by atomic mass is 16.5. The Morgan fingerprint density at radius 2 is 2.33 bits per heavy atom. The van der Waals surface area contributed by atoms with E-state index in [9.17, 15) is 4.79 Å². The fourth-order valence-electron chi connectivity index (χ4n) is 2.03. The third kappa shape index (κ3) is 2.90. The number of carbonyl (C=O) groups excluding carboxylic acids is 1. The molecule has 1 aromatic heterocycles. The summed E-state index contributed by atoms with van der Waals surface area (Å²) in [5, 5.41) is 3.25. The van der Waals surface area contributed by atoms with E-state index in [-0.39, 0.29) is 12.0 Å². The molecule has 5 heteroatoms. The summed E-state index contributed by atoms with van der Waals surface area (Å²) in [5.41, 5.74) is 0.907. The highest BCUT2D eigenvalue weighted by molar-refractivity contribution is 5.77. The second-order valence-corrected chi connectivity index (χ2v) is 4.96. The Labute approximate surface area is 108 Å². The monoisotopic (exact) mass is 251 g/mol. The minimum absolute atomic E-state index is 0.210.